The molecule has 0 amide bonds. The van der Waals surface area contributed by atoms with Crippen molar-refractivity contribution in [3.05, 3.63) is 53.7 Å². The molecule has 1 aromatic carbocycles. The van der Waals surface area contributed by atoms with Crippen LogP contribution < -0.4 is 11.1 Å². The van der Waals surface area contributed by atoms with Crippen molar-refractivity contribution in [3.8, 4) is 0 Å². The highest BCUT2D eigenvalue weighted by atomic mass is 19.1. The van der Waals surface area contributed by atoms with Gasteiger partial charge in [0, 0.05) is 24.7 Å². The van der Waals surface area contributed by atoms with Crippen LogP contribution >= 0.6 is 0 Å². The van der Waals surface area contributed by atoms with Gasteiger partial charge < -0.3 is 11.1 Å². The molecule has 0 bridgehead atoms. The lowest BCUT2D eigenvalue weighted by molar-refractivity contribution is 0.580. The third kappa shape index (κ3) is 4.00. The van der Waals surface area contributed by atoms with Gasteiger partial charge in [0.05, 0.1) is 0 Å². The third-order valence-electron chi connectivity index (χ3n) is 2.30. The van der Waals surface area contributed by atoms with E-state index in [1.165, 1.54) is 12.1 Å². The maximum atomic E-state index is 13.4. The van der Waals surface area contributed by atoms with Crippen LogP contribution in [-0.2, 0) is 0 Å². The van der Waals surface area contributed by atoms with E-state index in [1.54, 1.807) is 6.20 Å². The van der Waals surface area contributed by atoms with E-state index < -0.39 is 11.6 Å². The van der Waals surface area contributed by atoms with Crippen LogP contribution in [0.4, 0.5) is 8.78 Å². The molecule has 4 heteroatoms. The van der Waals surface area contributed by atoms with Gasteiger partial charge in [0.15, 0.2) is 0 Å². The Bertz CT molecular complexity index is 439. The van der Waals surface area contributed by atoms with E-state index in [9.17, 15) is 8.78 Å². The maximum Gasteiger partial charge on any atom is 0.133 e. The first kappa shape index (κ1) is 13.4. The fourth-order valence-corrected chi connectivity index (χ4v) is 1.28. The molecule has 0 aliphatic rings. The number of rotatable bonds is 5. The van der Waals surface area contributed by atoms with Crippen LogP contribution in [0.2, 0.25) is 0 Å². The van der Waals surface area contributed by atoms with Gasteiger partial charge >= 0.3 is 0 Å². The molecule has 0 fully saturated rings. The molecule has 2 nitrogen and oxygen atoms in total. The van der Waals surface area contributed by atoms with Gasteiger partial charge in [-0.05, 0) is 36.4 Å². The van der Waals surface area contributed by atoms with Crippen molar-refractivity contribution < 1.29 is 8.78 Å². The van der Waals surface area contributed by atoms with Crippen LogP contribution in [0.15, 0.2) is 36.6 Å². The number of nitrogens with one attached hydrogen (secondary N) is 1. The second-order valence-corrected chi connectivity index (χ2v) is 3.80. The van der Waals surface area contributed by atoms with E-state index in [4.69, 9.17) is 5.73 Å². The minimum absolute atomic E-state index is 0.317. The first-order valence-corrected chi connectivity index (χ1v) is 5.27. The Balaban J connectivity index is 2.64. The molecule has 0 aliphatic carbocycles. The predicted octanol–water partition coefficient (Wildman–Crippen LogP) is 2.43. The first-order chi connectivity index (χ1) is 8.04. The zero-order valence-corrected chi connectivity index (χ0v) is 9.76. The van der Waals surface area contributed by atoms with Gasteiger partial charge in [-0.1, -0.05) is 6.58 Å². The molecule has 1 rings (SSSR count). The molecule has 0 heterocycles. The Hall–Kier alpha value is -1.68. The van der Waals surface area contributed by atoms with Gasteiger partial charge in [-0.15, -0.1) is 0 Å². The molecule has 92 valence electrons. The predicted molar refractivity (Wildman–Crippen MR) is 66.2 cm³/mol. The van der Waals surface area contributed by atoms with Crippen molar-refractivity contribution in [2.24, 2.45) is 5.73 Å². The van der Waals surface area contributed by atoms with Crippen LogP contribution in [0.3, 0.4) is 0 Å². The van der Waals surface area contributed by atoms with E-state index in [2.05, 4.69) is 11.9 Å². The molecule has 0 aromatic heterocycles. The van der Waals surface area contributed by atoms with Crippen molar-refractivity contribution in [1.29, 1.82) is 0 Å². The average molecular weight is 238 g/mol. The fourth-order valence-electron chi connectivity index (χ4n) is 1.28. The SMILES string of the molecule is C=C(CN/C=C(/C)CN)c1ccc(F)cc1F. The Kier molecular flexibility index (Phi) is 4.84. The molecular weight excluding hydrogens is 222 g/mol. The van der Waals surface area contributed by atoms with Gasteiger partial charge in [0.1, 0.15) is 11.6 Å². The van der Waals surface area contributed by atoms with Gasteiger partial charge in [-0.3, -0.25) is 0 Å². The number of halogens is 2. The largest absolute Gasteiger partial charge is 0.387 e. The Morgan fingerprint density at radius 2 is 2.18 bits per heavy atom. The number of hydrogen-bond donors (Lipinski definition) is 2. The summed E-state index contributed by atoms with van der Waals surface area (Å²) in [5.74, 6) is -1.19. The molecule has 0 unspecified atom stereocenters. The summed E-state index contributed by atoms with van der Waals surface area (Å²) in [6.45, 7) is 6.49. The summed E-state index contributed by atoms with van der Waals surface area (Å²) in [4.78, 5) is 0. The Labute approximate surface area is 99.8 Å². The van der Waals surface area contributed by atoms with E-state index >= 15 is 0 Å². The van der Waals surface area contributed by atoms with Crippen LogP contribution in [0.5, 0.6) is 0 Å². The summed E-state index contributed by atoms with van der Waals surface area (Å²) in [6.07, 6.45) is 1.76. The summed E-state index contributed by atoms with van der Waals surface area (Å²) < 4.78 is 26.1. The summed E-state index contributed by atoms with van der Waals surface area (Å²) in [5.41, 5.74) is 7.27. The maximum absolute atomic E-state index is 13.4. The molecule has 0 saturated carbocycles. The normalized spacial score (nSPS) is 11.4. The Morgan fingerprint density at radius 1 is 1.47 bits per heavy atom. The van der Waals surface area contributed by atoms with Crippen molar-refractivity contribution in [3.63, 3.8) is 0 Å². The van der Waals surface area contributed by atoms with E-state index in [-0.39, 0.29) is 0 Å². The highest BCUT2D eigenvalue weighted by molar-refractivity contribution is 5.65. The molecule has 0 atom stereocenters. The quantitative estimate of drug-likeness (QED) is 0.826. The lowest BCUT2D eigenvalue weighted by atomic mass is 10.1. The van der Waals surface area contributed by atoms with Crippen LogP contribution in [0, 0.1) is 11.6 Å². The van der Waals surface area contributed by atoms with Crippen LogP contribution in [0.1, 0.15) is 12.5 Å². The monoisotopic (exact) mass is 238 g/mol. The lowest BCUT2D eigenvalue weighted by Crippen LogP contribution is -2.12. The zero-order chi connectivity index (χ0) is 12.8. The third-order valence-corrected chi connectivity index (χ3v) is 2.30. The number of benzene rings is 1. The minimum atomic E-state index is -0.601. The molecule has 0 aliphatic heterocycles. The molecule has 0 spiro atoms. The molecule has 1 aromatic rings. The van der Waals surface area contributed by atoms with Crippen LogP contribution in [-0.4, -0.2) is 13.1 Å². The summed E-state index contributed by atoms with van der Waals surface area (Å²) in [6, 6.07) is 3.44. The smallest absolute Gasteiger partial charge is 0.133 e. The fraction of sp³-hybridized carbons (Fsp3) is 0.231. The second kappa shape index (κ2) is 6.15. The highest BCUT2D eigenvalue weighted by Gasteiger charge is 2.06. The lowest BCUT2D eigenvalue weighted by Gasteiger charge is -2.08. The summed E-state index contributed by atoms with van der Waals surface area (Å²) in [5, 5.41) is 2.97. The molecule has 17 heavy (non-hydrogen) atoms. The summed E-state index contributed by atoms with van der Waals surface area (Å²) in [7, 11) is 0. The molecule has 0 radical (unpaired) electrons. The second-order valence-electron chi connectivity index (χ2n) is 3.80. The molecule has 3 N–H and O–H groups in total. The standard InChI is InChI=1S/C13H16F2N2/c1-9(6-16)7-17-8-10(2)12-4-3-11(14)5-13(12)15/h3-5,7,17H,2,6,8,16H2,1H3/b9-7-. The van der Waals surface area contributed by atoms with E-state index in [0.29, 0.717) is 24.2 Å². The molecular formula is C13H16F2N2. The number of nitrogens with two attached hydrogens (primary N) is 1. The van der Waals surface area contributed by atoms with Crippen molar-refractivity contribution in [2.75, 3.05) is 13.1 Å². The number of hydrogen-bond acceptors (Lipinski definition) is 2. The van der Waals surface area contributed by atoms with Gasteiger partial charge in [0.25, 0.3) is 0 Å². The topological polar surface area (TPSA) is 38.0 Å². The molecule has 0 saturated heterocycles. The van der Waals surface area contributed by atoms with Crippen molar-refractivity contribution in [2.45, 2.75) is 6.92 Å². The minimum Gasteiger partial charge on any atom is -0.387 e. The van der Waals surface area contributed by atoms with Gasteiger partial charge in [-0.2, -0.15) is 0 Å². The van der Waals surface area contributed by atoms with Crippen molar-refractivity contribution >= 4 is 5.57 Å². The Morgan fingerprint density at radius 3 is 2.76 bits per heavy atom. The van der Waals surface area contributed by atoms with Crippen LogP contribution in [0.25, 0.3) is 5.57 Å². The highest BCUT2D eigenvalue weighted by Crippen LogP contribution is 2.16. The average Bonchev–Trinajstić information content (AvgIpc) is 2.28. The zero-order valence-electron chi connectivity index (χ0n) is 9.76. The van der Waals surface area contributed by atoms with E-state index in [0.717, 1.165) is 11.6 Å². The van der Waals surface area contributed by atoms with Gasteiger partial charge in [-0.25, -0.2) is 8.78 Å². The van der Waals surface area contributed by atoms with Gasteiger partial charge in [0.2, 0.25) is 0 Å². The first-order valence-electron chi connectivity index (χ1n) is 5.27. The summed E-state index contributed by atoms with van der Waals surface area (Å²) >= 11 is 0. The van der Waals surface area contributed by atoms with Crippen molar-refractivity contribution in [1.82, 2.24) is 5.32 Å². The van der Waals surface area contributed by atoms with E-state index in [1.807, 2.05) is 6.92 Å².